The van der Waals surface area contributed by atoms with E-state index in [1.54, 1.807) is 6.92 Å². The van der Waals surface area contributed by atoms with Crippen LogP contribution >= 0.6 is 0 Å². The third-order valence-corrected chi connectivity index (χ3v) is 6.63. The standard InChI is InChI=1S/C26H32N4O3/c1-17-12-24-27-22(13-23(33)19-7-9-21(10-8-19)26(3,4)16-31)14-25(30(24)28-17)29-11-5-6-20(15-29)18(2)32/h7-10,12,14,20,31H,5-6,11,13,15-16H2,1-4H3/t20-/m1/s1. The number of hydrogen-bond acceptors (Lipinski definition) is 6. The third kappa shape index (κ3) is 4.83. The highest BCUT2D eigenvalue weighted by Gasteiger charge is 2.26. The first-order chi connectivity index (χ1) is 15.7. The van der Waals surface area contributed by atoms with Crippen molar-refractivity contribution in [1.82, 2.24) is 14.6 Å². The molecule has 174 valence electrons. The van der Waals surface area contributed by atoms with E-state index in [9.17, 15) is 14.7 Å². The van der Waals surface area contributed by atoms with Gasteiger partial charge in [-0.2, -0.15) is 9.61 Å². The number of rotatable bonds is 7. The minimum atomic E-state index is -0.352. The number of hydrogen-bond donors (Lipinski definition) is 1. The molecule has 0 unspecified atom stereocenters. The van der Waals surface area contributed by atoms with Gasteiger partial charge in [0.1, 0.15) is 11.6 Å². The number of carbonyl (C=O) groups excluding carboxylic acids is 2. The van der Waals surface area contributed by atoms with E-state index in [1.807, 2.05) is 61.7 Å². The molecule has 33 heavy (non-hydrogen) atoms. The molecule has 1 saturated heterocycles. The number of benzene rings is 1. The van der Waals surface area contributed by atoms with Gasteiger partial charge in [-0.25, -0.2) is 4.98 Å². The number of aryl methyl sites for hydroxylation is 1. The molecule has 0 radical (unpaired) electrons. The van der Waals surface area contributed by atoms with Crippen LogP contribution in [0.3, 0.4) is 0 Å². The van der Waals surface area contributed by atoms with E-state index in [4.69, 9.17) is 4.98 Å². The van der Waals surface area contributed by atoms with Crippen molar-refractivity contribution in [2.75, 3.05) is 24.6 Å². The summed E-state index contributed by atoms with van der Waals surface area (Å²) in [6.07, 6.45) is 2.03. The van der Waals surface area contributed by atoms with Gasteiger partial charge >= 0.3 is 0 Å². The molecule has 1 aliphatic heterocycles. The molecule has 1 N–H and O–H groups in total. The molecule has 1 aromatic carbocycles. The first-order valence-corrected chi connectivity index (χ1v) is 11.5. The largest absolute Gasteiger partial charge is 0.395 e. The molecule has 1 fully saturated rings. The van der Waals surface area contributed by atoms with Crippen LogP contribution in [0.5, 0.6) is 0 Å². The molecule has 3 heterocycles. The Kier molecular flexibility index (Phi) is 6.34. The van der Waals surface area contributed by atoms with Crippen molar-refractivity contribution < 1.29 is 14.7 Å². The van der Waals surface area contributed by atoms with Crippen LogP contribution in [0.15, 0.2) is 36.4 Å². The zero-order valence-corrected chi connectivity index (χ0v) is 19.8. The lowest BCUT2D eigenvalue weighted by Gasteiger charge is -2.33. The van der Waals surface area contributed by atoms with Gasteiger partial charge in [-0.15, -0.1) is 0 Å². The fourth-order valence-corrected chi connectivity index (χ4v) is 4.42. The van der Waals surface area contributed by atoms with Gasteiger partial charge in [0.2, 0.25) is 0 Å². The number of Topliss-reactive ketones (excluding diaryl/α,β-unsaturated/α-hetero) is 2. The van der Waals surface area contributed by atoms with E-state index in [1.165, 1.54) is 0 Å². The molecule has 0 saturated carbocycles. The van der Waals surface area contributed by atoms with E-state index >= 15 is 0 Å². The van der Waals surface area contributed by atoms with Gasteiger partial charge in [-0.05, 0) is 32.3 Å². The minimum Gasteiger partial charge on any atom is -0.395 e. The van der Waals surface area contributed by atoms with Crippen molar-refractivity contribution in [2.45, 2.75) is 52.4 Å². The lowest BCUT2D eigenvalue weighted by atomic mass is 9.85. The second-order valence-corrected chi connectivity index (χ2v) is 9.78. The summed E-state index contributed by atoms with van der Waals surface area (Å²) < 4.78 is 1.82. The molecule has 4 rings (SSSR count). The topological polar surface area (TPSA) is 87.8 Å². The third-order valence-electron chi connectivity index (χ3n) is 6.63. The van der Waals surface area contributed by atoms with E-state index in [-0.39, 0.29) is 35.9 Å². The number of aliphatic hydroxyl groups is 1. The molecule has 1 atom stereocenters. The molecule has 0 aliphatic carbocycles. The normalized spacial score (nSPS) is 16.9. The Morgan fingerprint density at radius 3 is 2.58 bits per heavy atom. The first-order valence-electron chi connectivity index (χ1n) is 11.5. The maximum Gasteiger partial charge on any atom is 0.168 e. The zero-order chi connectivity index (χ0) is 23.8. The molecule has 2 aromatic heterocycles. The SMILES string of the molecule is CC(=O)[C@@H]1CCCN(c2cc(CC(=O)c3ccc(C(C)(C)CO)cc3)nc3cc(C)nn23)C1. The molecule has 7 heteroatoms. The summed E-state index contributed by atoms with van der Waals surface area (Å²) in [6.45, 7) is 9.06. The Hall–Kier alpha value is -3.06. The van der Waals surface area contributed by atoms with E-state index in [0.717, 1.165) is 36.5 Å². The number of fused-ring (bicyclic) bond motifs is 1. The second kappa shape index (κ2) is 9.06. The van der Waals surface area contributed by atoms with Crippen molar-refractivity contribution >= 4 is 23.0 Å². The summed E-state index contributed by atoms with van der Waals surface area (Å²) in [5.74, 6) is 1.10. The van der Waals surface area contributed by atoms with Gasteiger partial charge < -0.3 is 10.0 Å². The van der Waals surface area contributed by atoms with Crippen molar-refractivity contribution in [3.63, 3.8) is 0 Å². The minimum absolute atomic E-state index is 0.0114. The average molecular weight is 449 g/mol. The molecule has 1 aliphatic rings. The number of piperidine rings is 1. The summed E-state index contributed by atoms with van der Waals surface area (Å²) in [6, 6.07) is 11.3. The lowest BCUT2D eigenvalue weighted by Crippen LogP contribution is -2.39. The lowest BCUT2D eigenvalue weighted by molar-refractivity contribution is -0.120. The Bertz CT molecular complexity index is 1180. The Morgan fingerprint density at radius 1 is 1.18 bits per heavy atom. The van der Waals surface area contributed by atoms with E-state index in [2.05, 4.69) is 10.00 Å². The fraction of sp³-hybridized carbons (Fsp3) is 0.462. The van der Waals surface area contributed by atoms with Crippen molar-refractivity contribution in [3.05, 3.63) is 58.9 Å². The maximum atomic E-state index is 13.0. The number of anilines is 1. The molecular formula is C26H32N4O3. The van der Waals surface area contributed by atoms with Crippen LogP contribution in [0.2, 0.25) is 0 Å². The number of aromatic nitrogens is 3. The molecule has 3 aromatic rings. The van der Waals surface area contributed by atoms with E-state index < -0.39 is 0 Å². The van der Waals surface area contributed by atoms with Crippen LogP contribution in [-0.4, -0.2) is 51.0 Å². The highest BCUT2D eigenvalue weighted by molar-refractivity contribution is 5.97. The second-order valence-electron chi connectivity index (χ2n) is 9.78. The van der Waals surface area contributed by atoms with E-state index in [0.29, 0.717) is 23.4 Å². The van der Waals surface area contributed by atoms with Crippen molar-refractivity contribution in [2.24, 2.45) is 5.92 Å². The molecule has 0 spiro atoms. The summed E-state index contributed by atoms with van der Waals surface area (Å²) in [5, 5.41) is 14.2. The van der Waals surface area contributed by atoms with Crippen LogP contribution in [0, 0.1) is 12.8 Å². The van der Waals surface area contributed by atoms with Crippen LogP contribution in [0.1, 0.15) is 60.9 Å². The maximum absolute atomic E-state index is 13.0. The van der Waals surface area contributed by atoms with Crippen molar-refractivity contribution in [1.29, 1.82) is 0 Å². The summed E-state index contributed by atoms with van der Waals surface area (Å²) >= 11 is 0. The van der Waals surface area contributed by atoms with Gasteiger partial charge in [0.15, 0.2) is 11.4 Å². The first kappa shape index (κ1) is 23.1. The zero-order valence-electron chi connectivity index (χ0n) is 19.8. The fourth-order valence-electron chi connectivity index (χ4n) is 4.42. The Balaban J connectivity index is 1.62. The monoisotopic (exact) mass is 448 g/mol. The predicted molar refractivity (Wildman–Crippen MR) is 128 cm³/mol. The number of ketones is 2. The Labute approximate surface area is 194 Å². The van der Waals surface area contributed by atoms with Gasteiger partial charge in [-0.3, -0.25) is 9.59 Å². The quantitative estimate of drug-likeness (QED) is 0.556. The molecule has 7 nitrogen and oxygen atoms in total. The number of carbonyl (C=O) groups is 2. The molecule has 0 bridgehead atoms. The van der Waals surface area contributed by atoms with Crippen LogP contribution < -0.4 is 4.90 Å². The molecular weight excluding hydrogens is 416 g/mol. The number of aliphatic hydroxyl groups excluding tert-OH is 1. The number of nitrogens with zero attached hydrogens (tertiary/aromatic N) is 4. The van der Waals surface area contributed by atoms with Gasteiger partial charge in [0, 0.05) is 42.1 Å². The van der Waals surface area contributed by atoms with Crippen LogP contribution in [0.4, 0.5) is 5.82 Å². The van der Waals surface area contributed by atoms with Crippen molar-refractivity contribution in [3.8, 4) is 0 Å². The van der Waals surface area contributed by atoms with Crippen LogP contribution in [0.25, 0.3) is 5.65 Å². The van der Waals surface area contributed by atoms with Gasteiger partial charge in [0.25, 0.3) is 0 Å². The highest BCUT2D eigenvalue weighted by Crippen LogP contribution is 2.26. The summed E-state index contributed by atoms with van der Waals surface area (Å²) in [5.41, 5.74) is 3.51. The molecule has 0 amide bonds. The average Bonchev–Trinajstić information content (AvgIpc) is 3.18. The highest BCUT2D eigenvalue weighted by atomic mass is 16.3. The summed E-state index contributed by atoms with van der Waals surface area (Å²) in [7, 11) is 0. The Morgan fingerprint density at radius 2 is 1.91 bits per heavy atom. The van der Waals surface area contributed by atoms with Crippen LogP contribution in [-0.2, 0) is 16.6 Å². The van der Waals surface area contributed by atoms with Gasteiger partial charge in [-0.1, -0.05) is 38.1 Å². The smallest absolute Gasteiger partial charge is 0.168 e. The van der Waals surface area contributed by atoms with Gasteiger partial charge in [0.05, 0.1) is 24.4 Å². The summed E-state index contributed by atoms with van der Waals surface area (Å²) in [4.78, 5) is 31.9. The predicted octanol–water partition coefficient (Wildman–Crippen LogP) is 3.54.